The first-order valence-corrected chi connectivity index (χ1v) is 6.27. The van der Waals surface area contributed by atoms with E-state index < -0.39 is 0 Å². The van der Waals surface area contributed by atoms with E-state index in [1.807, 2.05) is 12.1 Å². The summed E-state index contributed by atoms with van der Waals surface area (Å²) in [7, 11) is 0. The van der Waals surface area contributed by atoms with Crippen LogP contribution in [0, 0.1) is 5.92 Å². The third-order valence-corrected chi connectivity index (χ3v) is 3.61. The lowest BCUT2D eigenvalue weighted by molar-refractivity contribution is 0.341. The molecule has 17 heavy (non-hydrogen) atoms. The number of nitrogen functional groups attached to an aromatic ring is 1. The minimum atomic E-state index is 0.338. The van der Waals surface area contributed by atoms with Crippen LogP contribution in [0.3, 0.4) is 0 Å². The summed E-state index contributed by atoms with van der Waals surface area (Å²) in [5.41, 5.74) is 7.78. The molecule has 2 aromatic rings. The first-order chi connectivity index (χ1) is 8.19. The average Bonchev–Trinajstić information content (AvgIpc) is 2.66. The van der Waals surface area contributed by atoms with Crippen LogP contribution < -0.4 is 5.73 Å². The van der Waals surface area contributed by atoms with Gasteiger partial charge in [0.2, 0.25) is 5.95 Å². The zero-order valence-electron chi connectivity index (χ0n) is 10.7. The molecule has 0 aliphatic carbocycles. The van der Waals surface area contributed by atoms with Crippen molar-refractivity contribution in [2.75, 3.05) is 5.73 Å². The van der Waals surface area contributed by atoms with E-state index in [9.17, 15) is 0 Å². The number of anilines is 1. The number of imidazole rings is 1. The lowest BCUT2D eigenvalue weighted by atomic mass is 9.95. The number of hydrogen-bond donors (Lipinski definition) is 1. The largest absolute Gasteiger partial charge is 0.369 e. The molecule has 4 heteroatoms. The summed E-state index contributed by atoms with van der Waals surface area (Å²) in [6.07, 6.45) is 4.08. The normalized spacial score (nSPS) is 13.4. The van der Waals surface area contributed by atoms with Gasteiger partial charge in [-0.1, -0.05) is 26.7 Å². The first kappa shape index (κ1) is 11.9. The molecule has 92 valence electrons. The molecule has 0 saturated heterocycles. The van der Waals surface area contributed by atoms with Gasteiger partial charge in [-0.3, -0.25) is 4.57 Å². The SMILES string of the molecule is CCC(CC)C(C)n1c(N)nc2cccnc21. The van der Waals surface area contributed by atoms with Gasteiger partial charge >= 0.3 is 0 Å². The lowest BCUT2D eigenvalue weighted by Gasteiger charge is -2.23. The zero-order chi connectivity index (χ0) is 12.4. The Morgan fingerprint density at radius 1 is 1.35 bits per heavy atom. The molecule has 2 aromatic heterocycles. The Bertz CT molecular complexity index is 499. The van der Waals surface area contributed by atoms with Crippen LogP contribution in [0.2, 0.25) is 0 Å². The van der Waals surface area contributed by atoms with Crippen LogP contribution >= 0.6 is 0 Å². The van der Waals surface area contributed by atoms with E-state index >= 15 is 0 Å². The minimum absolute atomic E-state index is 0.338. The van der Waals surface area contributed by atoms with Gasteiger partial charge in [-0.25, -0.2) is 9.97 Å². The summed E-state index contributed by atoms with van der Waals surface area (Å²) >= 11 is 0. The summed E-state index contributed by atoms with van der Waals surface area (Å²) in [5.74, 6) is 1.18. The van der Waals surface area contributed by atoms with Crippen LogP contribution in [0.4, 0.5) is 5.95 Å². The van der Waals surface area contributed by atoms with Crippen LogP contribution in [-0.2, 0) is 0 Å². The Hall–Kier alpha value is -1.58. The molecule has 2 heterocycles. The van der Waals surface area contributed by atoms with Crippen molar-refractivity contribution >= 4 is 17.1 Å². The van der Waals surface area contributed by atoms with Gasteiger partial charge in [0.25, 0.3) is 0 Å². The molecule has 0 bridgehead atoms. The summed E-state index contributed by atoms with van der Waals surface area (Å²) < 4.78 is 2.06. The molecule has 0 radical (unpaired) electrons. The molecule has 2 N–H and O–H groups in total. The van der Waals surface area contributed by atoms with Crippen LogP contribution in [0.15, 0.2) is 18.3 Å². The summed E-state index contributed by atoms with van der Waals surface area (Å²) in [6, 6.07) is 4.18. The van der Waals surface area contributed by atoms with Gasteiger partial charge < -0.3 is 5.73 Å². The maximum absolute atomic E-state index is 6.01. The molecule has 0 aromatic carbocycles. The Labute approximate surface area is 102 Å². The zero-order valence-corrected chi connectivity index (χ0v) is 10.7. The van der Waals surface area contributed by atoms with E-state index in [-0.39, 0.29) is 0 Å². The van der Waals surface area contributed by atoms with E-state index in [4.69, 9.17) is 5.73 Å². The fourth-order valence-corrected chi connectivity index (χ4v) is 2.53. The first-order valence-electron chi connectivity index (χ1n) is 6.27. The van der Waals surface area contributed by atoms with Gasteiger partial charge in [0.15, 0.2) is 5.65 Å². The lowest BCUT2D eigenvalue weighted by Crippen LogP contribution is -2.17. The number of pyridine rings is 1. The standard InChI is InChI=1S/C13H20N4/c1-4-10(5-2)9(3)17-12-11(16-13(17)14)7-6-8-15-12/h6-10H,4-5H2,1-3H3,(H2,14,16). The van der Waals surface area contributed by atoms with Gasteiger partial charge in [-0.05, 0) is 25.0 Å². The van der Waals surface area contributed by atoms with Crippen LogP contribution in [0.25, 0.3) is 11.2 Å². The molecule has 0 spiro atoms. The van der Waals surface area contributed by atoms with Gasteiger partial charge in [0.05, 0.1) is 0 Å². The highest BCUT2D eigenvalue weighted by molar-refractivity contribution is 5.73. The molecule has 1 unspecified atom stereocenters. The van der Waals surface area contributed by atoms with Crippen molar-refractivity contribution in [3.8, 4) is 0 Å². The maximum Gasteiger partial charge on any atom is 0.202 e. The van der Waals surface area contributed by atoms with Crippen LogP contribution in [0.1, 0.15) is 39.7 Å². The minimum Gasteiger partial charge on any atom is -0.369 e. The molecule has 1 atom stereocenters. The Balaban J connectivity index is 2.50. The molecule has 0 aliphatic heterocycles. The van der Waals surface area contributed by atoms with Crippen molar-refractivity contribution in [1.29, 1.82) is 0 Å². The molecule has 0 amide bonds. The van der Waals surface area contributed by atoms with Gasteiger partial charge in [-0.15, -0.1) is 0 Å². The molecule has 0 saturated carbocycles. The van der Waals surface area contributed by atoms with E-state index in [2.05, 4.69) is 35.3 Å². The topological polar surface area (TPSA) is 56.7 Å². The second kappa shape index (κ2) is 4.73. The summed E-state index contributed by atoms with van der Waals surface area (Å²) in [5, 5.41) is 0. The van der Waals surface area contributed by atoms with Crippen LogP contribution in [0.5, 0.6) is 0 Å². The highest BCUT2D eigenvalue weighted by Gasteiger charge is 2.20. The molecular weight excluding hydrogens is 212 g/mol. The Kier molecular flexibility index (Phi) is 3.31. The third kappa shape index (κ3) is 1.99. The summed E-state index contributed by atoms with van der Waals surface area (Å²) in [4.78, 5) is 8.76. The fraction of sp³-hybridized carbons (Fsp3) is 0.538. The highest BCUT2D eigenvalue weighted by atomic mass is 15.2. The van der Waals surface area contributed by atoms with Gasteiger partial charge in [-0.2, -0.15) is 0 Å². The molecule has 0 aliphatic rings. The second-order valence-corrected chi connectivity index (χ2v) is 4.50. The van der Waals surface area contributed by atoms with E-state index in [1.54, 1.807) is 6.20 Å². The average molecular weight is 232 g/mol. The predicted molar refractivity (Wildman–Crippen MR) is 70.7 cm³/mol. The van der Waals surface area contributed by atoms with Crippen molar-refractivity contribution in [3.63, 3.8) is 0 Å². The molecule has 2 rings (SSSR count). The third-order valence-electron chi connectivity index (χ3n) is 3.61. The number of hydrogen-bond acceptors (Lipinski definition) is 3. The Morgan fingerprint density at radius 2 is 2.06 bits per heavy atom. The Morgan fingerprint density at radius 3 is 2.71 bits per heavy atom. The van der Waals surface area contributed by atoms with Crippen molar-refractivity contribution in [3.05, 3.63) is 18.3 Å². The van der Waals surface area contributed by atoms with E-state index in [0.717, 1.165) is 24.0 Å². The summed E-state index contributed by atoms with van der Waals surface area (Å²) in [6.45, 7) is 6.63. The van der Waals surface area contributed by atoms with E-state index in [1.165, 1.54) is 0 Å². The highest BCUT2D eigenvalue weighted by Crippen LogP contribution is 2.29. The second-order valence-electron chi connectivity index (χ2n) is 4.50. The van der Waals surface area contributed by atoms with Crippen molar-refractivity contribution in [1.82, 2.24) is 14.5 Å². The maximum atomic E-state index is 6.01. The number of aromatic nitrogens is 3. The quantitative estimate of drug-likeness (QED) is 0.881. The van der Waals surface area contributed by atoms with Crippen LogP contribution in [-0.4, -0.2) is 14.5 Å². The number of nitrogens with two attached hydrogens (primary N) is 1. The molecule has 0 fully saturated rings. The van der Waals surface area contributed by atoms with Crippen molar-refractivity contribution in [2.24, 2.45) is 5.92 Å². The molecular formula is C13H20N4. The number of fused-ring (bicyclic) bond motifs is 1. The van der Waals surface area contributed by atoms with Crippen molar-refractivity contribution < 1.29 is 0 Å². The van der Waals surface area contributed by atoms with Crippen molar-refractivity contribution in [2.45, 2.75) is 39.7 Å². The fourth-order valence-electron chi connectivity index (χ4n) is 2.53. The van der Waals surface area contributed by atoms with E-state index in [0.29, 0.717) is 17.9 Å². The van der Waals surface area contributed by atoms with Gasteiger partial charge in [0, 0.05) is 12.2 Å². The number of rotatable bonds is 4. The van der Waals surface area contributed by atoms with Gasteiger partial charge in [0.1, 0.15) is 5.52 Å². The predicted octanol–water partition coefficient (Wildman–Crippen LogP) is 3.01. The monoisotopic (exact) mass is 232 g/mol. The molecule has 4 nitrogen and oxygen atoms in total. The smallest absolute Gasteiger partial charge is 0.202 e. The number of nitrogens with zero attached hydrogens (tertiary/aromatic N) is 3.